The van der Waals surface area contributed by atoms with E-state index in [1.165, 1.54) is 0 Å². The van der Waals surface area contributed by atoms with E-state index in [9.17, 15) is 4.79 Å². The Balaban J connectivity index is 2.30. The van der Waals surface area contributed by atoms with Crippen LogP contribution >= 0.6 is 0 Å². The highest BCUT2D eigenvalue weighted by Gasteiger charge is 2.06. The molecule has 1 aromatic rings. The minimum absolute atomic E-state index is 0.0656. The van der Waals surface area contributed by atoms with Crippen LogP contribution < -0.4 is 15.8 Å². The van der Waals surface area contributed by atoms with E-state index in [1.807, 2.05) is 31.2 Å². The third-order valence-corrected chi connectivity index (χ3v) is 2.81. The second-order valence-corrected chi connectivity index (χ2v) is 4.50. The van der Waals surface area contributed by atoms with Crippen LogP contribution in [0.2, 0.25) is 0 Å². The van der Waals surface area contributed by atoms with Crippen molar-refractivity contribution in [3.05, 3.63) is 29.8 Å². The molecule has 4 heteroatoms. The molecule has 0 saturated heterocycles. The molecule has 18 heavy (non-hydrogen) atoms. The average molecular weight is 250 g/mol. The van der Waals surface area contributed by atoms with Gasteiger partial charge in [0.15, 0.2) is 0 Å². The van der Waals surface area contributed by atoms with Gasteiger partial charge in [0.1, 0.15) is 5.75 Å². The fourth-order valence-corrected chi connectivity index (χ4v) is 1.65. The van der Waals surface area contributed by atoms with E-state index >= 15 is 0 Å². The van der Waals surface area contributed by atoms with Crippen molar-refractivity contribution in [3.8, 4) is 5.75 Å². The zero-order valence-corrected chi connectivity index (χ0v) is 11.1. The highest BCUT2D eigenvalue weighted by atomic mass is 16.5. The maximum Gasteiger partial charge on any atom is 0.220 e. The minimum Gasteiger partial charge on any atom is -0.497 e. The summed E-state index contributed by atoms with van der Waals surface area (Å²) in [5.74, 6) is 1.15. The maximum atomic E-state index is 11.5. The predicted molar refractivity (Wildman–Crippen MR) is 72.5 cm³/mol. The monoisotopic (exact) mass is 250 g/mol. The summed E-state index contributed by atoms with van der Waals surface area (Å²) >= 11 is 0. The Hall–Kier alpha value is -1.55. The molecule has 1 unspecified atom stereocenters. The van der Waals surface area contributed by atoms with Gasteiger partial charge in [-0.15, -0.1) is 0 Å². The number of methoxy groups -OCH3 is 1. The number of rotatable bonds is 7. The molecule has 1 aromatic carbocycles. The summed E-state index contributed by atoms with van der Waals surface area (Å²) in [5, 5.41) is 2.90. The first-order chi connectivity index (χ1) is 8.65. The molecule has 0 aliphatic carbocycles. The Morgan fingerprint density at radius 3 is 2.94 bits per heavy atom. The maximum absolute atomic E-state index is 11.5. The van der Waals surface area contributed by atoms with Crippen molar-refractivity contribution < 1.29 is 9.53 Å². The molecular formula is C14H22N2O2. The highest BCUT2D eigenvalue weighted by Crippen LogP contribution is 2.12. The van der Waals surface area contributed by atoms with Crippen LogP contribution in [-0.2, 0) is 11.2 Å². The fraction of sp³-hybridized carbons (Fsp3) is 0.500. The van der Waals surface area contributed by atoms with Crippen LogP contribution in [0, 0.1) is 5.92 Å². The summed E-state index contributed by atoms with van der Waals surface area (Å²) in [5.41, 5.74) is 6.63. The number of carbonyl (C=O) groups is 1. The summed E-state index contributed by atoms with van der Waals surface area (Å²) in [4.78, 5) is 11.5. The number of hydrogen-bond donors (Lipinski definition) is 2. The van der Waals surface area contributed by atoms with Crippen molar-refractivity contribution in [2.24, 2.45) is 11.7 Å². The van der Waals surface area contributed by atoms with Crippen LogP contribution in [0.4, 0.5) is 0 Å². The van der Waals surface area contributed by atoms with Crippen LogP contribution in [0.25, 0.3) is 0 Å². The van der Waals surface area contributed by atoms with E-state index in [0.717, 1.165) is 17.7 Å². The average Bonchev–Trinajstić information content (AvgIpc) is 2.38. The second-order valence-electron chi connectivity index (χ2n) is 4.50. The molecule has 1 rings (SSSR count). The molecule has 0 spiro atoms. The Morgan fingerprint density at radius 2 is 2.28 bits per heavy atom. The topological polar surface area (TPSA) is 64.3 Å². The first-order valence-electron chi connectivity index (χ1n) is 6.25. The van der Waals surface area contributed by atoms with E-state index in [0.29, 0.717) is 19.5 Å². The lowest BCUT2D eigenvalue weighted by Crippen LogP contribution is -2.28. The quantitative estimate of drug-likeness (QED) is 0.767. The van der Waals surface area contributed by atoms with E-state index < -0.39 is 0 Å². The van der Waals surface area contributed by atoms with E-state index in [1.54, 1.807) is 7.11 Å². The van der Waals surface area contributed by atoms with Crippen molar-refractivity contribution in [1.29, 1.82) is 0 Å². The molecule has 0 aliphatic heterocycles. The first kappa shape index (κ1) is 14.5. The summed E-state index contributed by atoms with van der Waals surface area (Å²) < 4.78 is 5.15. The molecule has 0 radical (unpaired) electrons. The summed E-state index contributed by atoms with van der Waals surface area (Å²) in [6.45, 7) is 3.16. The molecular weight excluding hydrogens is 228 g/mol. The minimum atomic E-state index is 0.0656. The van der Waals surface area contributed by atoms with Crippen molar-refractivity contribution in [2.45, 2.75) is 19.8 Å². The number of hydrogen-bond acceptors (Lipinski definition) is 3. The molecule has 0 fully saturated rings. The van der Waals surface area contributed by atoms with Crippen molar-refractivity contribution in [2.75, 3.05) is 20.2 Å². The molecule has 0 heterocycles. The number of nitrogens with two attached hydrogens (primary N) is 1. The van der Waals surface area contributed by atoms with E-state index in [4.69, 9.17) is 10.5 Å². The zero-order valence-electron chi connectivity index (χ0n) is 11.1. The lowest BCUT2D eigenvalue weighted by molar-refractivity contribution is -0.121. The number of carbonyl (C=O) groups excluding carboxylic acids is 1. The number of amides is 1. The molecule has 1 amide bonds. The number of ether oxygens (including phenoxy) is 1. The van der Waals surface area contributed by atoms with Gasteiger partial charge >= 0.3 is 0 Å². The molecule has 100 valence electrons. The SMILES string of the molecule is COc1cccc(CCNC(=O)CC(C)CN)c1. The van der Waals surface area contributed by atoms with Crippen LogP contribution in [0.15, 0.2) is 24.3 Å². The standard InChI is InChI=1S/C14H22N2O2/c1-11(10-15)8-14(17)16-7-6-12-4-3-5-13(9-12)18-2/h3-5,9,11H,6-8,10,15H2,1-2H3,(H,16,17). The largest absolute Gasteiger partial charge is 0.497 e. The van der Waals surface area contributed by atoms with Crippen LogP contribution in [0.5, 0.6) is 5.75 Å². The fourth-order valence-electron chi connectivity index (χ4n) is 1.65. The van der Waals surface area contributed by atoms with Crippen molar-refractivity contribution >= 4 is 5.91 Å². The Labute approximate surface area is 109 Å². The van der Waals surface area contributed by atoms with Gasteiger partial charge in [0, 0.05) is 13.0 Å². The first-order valence-corrected chi connectivity index (χ1v) is 6.25. The molecule has 1 atom stereocenters. The van der Waals surface area contributed by atoms with E-state index in [-0.39, 0.29) is 11.8 Å². The normalized spacial score (nSPS) is 11.9. The number of nitrogens with one attached hydrogen (secondary N) is 1. The molecule has 4 nitrogen and oxygen atoms in total. The van der Waals surface area contributed by atoms with Crippen LogP contribution in [0.1, 0.15) is 18.9 Å². The molecule has 0 aliphatic rings. The summed E-state index contributed by atoms with van der Waals surface area (Å²) in [6.07, 6.45) is 1.30. The molecule has 0 saturated carbocycles. The van der Waals surface area contributed by atoms with Crippen molar-refractivity contribution in [3.63, 3.8) is 0 Å². The Morgan fingerprint density at radius 1 is 1.50 bits per heavy atom. The Kier molecular flexibility index (Phi) is 6.22. The molecule has 0 aromatic heterocycles. The van der Waals surface area contributed by atoms with Gasteiger partial charge in [-0.3, -0.25) is 4.79 Å². The lowest BCUT2D eigenvalue weighted by Gasteiger charge is -2.09. The van der Waals surface area contributed by atoms with Gasteiger partial charge in [0.25, 0.3) is 0 Å². The molecule has 0 bridgehead atoms. The van der Waals surface area contributed by atoms with Gasteiger partial charge in [-0.2, -0.15) is 0 Å². The summed E-state index contributed by atoms with van der Waals surface area (Å²) in [7, 11) is 1.65. The third-order valence-electron chi connectivity index (χ3n) is 2.81. The third kappa shape index (κ3) is 5.19. The predicted octanol–water partition coefficient (Wildman–Crippen LogP) is 1.34. The highest BCUT2D eigenvalue weighted by molar-refractivity contribution is 5.76. The van der Waals surface area contributed by atoms with Gasteiger partial charge in [-0.25, -0.2) is 0 Å². The van der Waals surface area contributed by atoms with Crippen LogP contribution in [-0.4, -0.2) is 26.1 Å². The van der Waals surface area contributed by atoms with Crippen LogP contribution in [0.3, 0.4) is 0 Å². The Bertz CT molecular complexity index is 380. The van der Waals surface area contributed by atoms with Gasteiger partial charge in [0.2, 0.25) is 5.91 Å². The number of benzene rings is 1. The second kappa shape index (κ2) is 7.71. The molecule has 3 N–H and O–H groups in total. The zero-order chi connectivity index (χ0) is 13.4. The van der Waals surface area contributed by atoms with Gasteiger partial charge in [-0.05, 0) is 36.6 Å². The summed E-state index contributed by atoms with van der Waals surface area (Å²) in [6, 6.07) is 7.86. The van der Waals surface area contributed by atoms with Gasteiger partial charge in [-0.1, -0.05) is 19.1 Å². The smallest absolute Gasteiger partial charge is 0.220 e. The van der Waals surface area contributed by atoms with E-state index in [2.05, 4.69) is 5.32 Å². The lowest BCUT2D eigenvalue weighted by atomic mass is 10.1. The van der Waals surface area contributed by atoms with Gasteiger partial charge < -0.3 is 15.8 Å². The van der Waals surface area contributed by atoms with Crippen molar-refractivity contribution in [1.82, 2.24) is 5.32 Å². The van der Waals surface area contributed by atoms with Gasteiger partial charge in [0.05, 0.1) is 7.11 Å².